The molecule has 0 radical (unpaired) electrons. The number of aliphatic carboxylic acids is 8. The summed E-state index contributed by atoms with van der Waals surface area (Å²) >= 11 is 0. The molecule has 0 aromatic heterocycles. The Kier molecular flexibility index (Phi) is 112. The number of carboxylic acids is 8. The molecule has 0 spiro atoms. The number of carboxylic acid groups (broad SMARTS) is 8. The van der Waals surface area contributed by atoms with Crippen LogP contribution in [0.3, 0.4) is 0 Å². The number of ketones is 4. The number of Topliss-reactive ketones (excluding diaryl/α,β-unsaturated/α-hetero) is 4. The van der Waals surface area contributed by atoms with Gasteiger partial charge in [-0.1, -0.05) is 343 Å². The Hall–Kier alpha value is -5.20. The Morgan fingerprint density at radius 1 is 0.162 bits per heavy atom. The second-order valence-electron chi connectivity index (χ2n) is 38.7. The number of quaternary nitrogens is 8. The summed E-state index contributed by atoms with van der Waals surface area (Å²) < 4.78 is 0. The number of nitrogens with one attached hydrogen (secondary N) is 4. The highest BCUT2D eigenvalue weighted by Crippen LogP contribution is 2.27. The van der Waals surface area contributed by atoms with E-state index in [1.165, 1.54) is 23.6 Å². The van der Waals surface area contributed by atoms with Crippen LogP contribution in [0, 0.1) is 0 Å². The van der Waals surface area contributed by atoms with Crippen LogP contribution in [0.15, 0.2) is 0 Å². The Bertz CT molecular complexity index is 3190. The van der Waals surface area contributed by atoms with Crippen LogP contribution >= 0.6 is 86.4 Å². The molecular formula is C104H200N12O24S8+4. The summed E-state index contributed by atoms with van der Waals surface area (Å²) in [5.74, 6) is -1.36. The van der Waals surface area contributed by atoms with Crippen LogP contribution in [-0.4, -0.2) is 235 Å². The lowest BCUT2D eigenvalue weighted by atomic mass is 10.0. The molecule has 0 aliphatic carbocycles. The number of carbonyl (C=O) groups excluding carboxylic acids is 12. The maximum absolute atomic E-state index is 12.3. The summed E-state index contributed by atoms with van der Waals surface area (Å²) in [6, 6.07) is -2.27. The zero-order valence-electron chi connectivity index (χ0n) is 90.1. The molecule has 0 aromatic rings. The third-order valence-electron chi connectivity index (χ3n) is 24.5. The average Bonchev–Trinajstić information content (AvgIpc) is 0.962. The zero-order valence-corrected chi connectivity index (χ0v) is 96.6. The summed E-state index contributed by atoms with van der Waals surface area (Å²) in [4.78, 5) is 181. The van der Waals surface area contributed by atoms with E-state index >= 15 is 0 Å². The molecule has 0 fully saturated rings. The largest absolute Gasteiger partial charge is 0.550 e. The summed E-state index contributed by atoms with van der Waals surface area (Å²) in [6.07, 6.45) is 58.3. The maximum Gasteiger partial charge on any atom is 0.303 e. The lowest BCUT2D eigenvalue weighted by Gasteiger charge is -2.10. The molecule has 8 atom stereocenters. The molecule has 44 heteroatoms. The quantitative estimate of drug-likeness (QED) is 0.0216. The van der Waals surface area contributed by atoms with Crippen molar-refractivity contribution in [3.63, 3.8) is 0 Å². The van der Waals surface area contributed by atoms with Gasteiger partial charge in [0.05, 0.1) is 46.0 Å². The van der Waals surface area contributed by atoms with Crippen molar-refractivity contribution in [2.75, 3.05) is 72.2 Å². The van der Waals surface area contributed by atoms with E-state index in [0.29, 0.717) is 130 Å². The van der Waals surface area contributed by atoms with Crippen molar-refractivity contribution in [3.8, 4) is 0 Å². The first kappa shape index (κ1) is 149. The fourth-order valence-corrected chi connectivity index (χ4v) is 24.6. The average molecular weight is 2260 g/mol. The van der Waals surface area contributed by atoms with Crippen LogP contribution in [0.25, 0.3) is 0 Å². The van der Waals surface area contributed by atoms with Gasteiger partial charge in [0.2, 0.25) is 0 Å². The van der Waals surface area contributed by atoms with Gasteiger partial charge in [0.1, 0.15) is 0 Å². The van der Waals surface area contributed by atoms with E-state index in [-0.39, 0.29) is 146 Å². The first-order chi connectivity index (χ1) is 70.9. The van der Waals surface area contributed by atoms with Gasteiger partial charge < -0.3 is 127 Å². The van der Waals surface area contributed by atoms with Gasteiger partial charge >= 0.3 is 23.9 Å². The lowest BCUT2D eigenvalue weighted by Crippen LogP contribution is -2.68. The van der Waals surface area contributed by atoms with Crippen molar-refractivity contribution in [2.24, 2.45) is 0 Å². The van der Waals surface area contributed by atoms with Gasteiger partial charge in [0, 0.05) is 101 Å². The minimum absolute atomic E-state index is 0.0264. The van der Waals surface area contributed by atoms with Crippen LogP contribution in [0.5, 0.6) is 0 Å². The van der Waals surface area contributed by atoms with Gasteiger partial charge in [0.15, 0.2) is 71.5 Å². The molecule has 0 bridgehead atoms. The van der Waals surface area contributed by atoms with Gasteiger partial charge in [0.25, 0.3) is 23.6 Å². The zero-order chi connectivity index (χ0) is 111. The molecule has 864 valence electrons. The summed E-state index contributed by atoms with van der Waals surface area (Å²) in [5, 5.41) is 87.5. The molecule has 36 nitrogen and oxygen atoms in total. The van der Waals surface area contributed by atoms with Crippen LogP contribution < -0.4 is 87.6 Å². The minimum Gasteiger partial charge on any atom is -0.550 e. The molecule has 32 N–H and O–H groups in total. The Balaban J connectivity index is -0.000000936. The molecule has 148 heavy (non-hydrogen) atoms. The maximum atomic E-state index is 12.3. The molecular weight excluding hydrogens is 2060 g/mol. The Morgan fingerprint density at radius 3 is 0.399 bits per heavy atom. The third-order valence-corrected chi connectivity index (χ3v) is 34.7. The molecule has 0 aliphatic heterocycles. The third kappa shape index (κ3) is 115. The van der Waals surface area contributed by atoms with Gasteiger partial charge in [-0.05, 0) is 128 Å². The van der Waals surface area contributed by atoms with Crippen LogP contribution in [-0.2, 0) is 76.7 Å². The van der Waals surface area contributed by atoms with E-state index in [1.807, 2.05) is 0 Å². The number of rotatable bonds is 108. The molecule has 0 heterocycles. The Morgan fingerprint density at radius 2 is 0.270 bits per heavy atom. The SMILES string of the molecule is [NH3+]C(CSSCC([NH3+])C(=O)NCCCCCCCC(=O)O)C(=O)CCCCCCCCC(=O)[O-].[NH3+]C(CSSCC([NH3+])C(=O)NCCCCCCCCC(=O)O)C(=O)CCCCCCCCCC(=O)[O-].[NH3+]C(CSSCC([NH3+])C(=O)NCCCCCCCCCC(=O)O)C(=O)CCCCCCCCCCC(=O)[O-].[NH3+]C(CSSCC([NH3+])C(=O)NCCCCCCCCCCC(=O)[O-])C(=O)CCCCCCCCCCCC(=O)O. The Labute approximate surface area is 916 Å². The predicted octanol–water partition coefficient (Wildman–Crippen LogP) is 6.96. The first-order valence-corrected chi connectivity index (χ1v) is 65.4. The van der Waals surface area contributed by atoms with Crippen LogP contribution in [0.2, 0.25) is 0 Å². The van der Waals surface area contributed by atoms with Crippen molar-refractivity contribution in [2.45, 2.75) is 485 Å². The number of amides is 4. The molecule has 0 aliphatic rings. The van der Waals surface area contributed by atoms with E-state index < -0.39 is 47.8 Å². The van der Waals surface area contributed by atoms with Crippen molar-refractivity contribution in [1.29, 1.82) is 0 Å². The number of hydrogen-bond donors (Lipinski definition) is 16. The normalized spacial score (nSPS) is 12.7. The fraction of sp³-hybridized carbons (Fsp3) is 0.846. The molecule has 0 saturated carbocycles. The highest BCUT2D eigenvalue weighted by molar-refractivity contribution is 8.77. The summed E-state index contributed by atoms with van der Waals surface area (Å²) in [5.41, 5.74) is 31.7. The lowest BCUT2D eigenvalue weighted by molar-refractivity contribution is -0.396. The number of unbranched alkanes of at least 4 members (excludes halogenated alkanes) is 48. The van der Waals surface area contributed by atoms with E-state index in [9.17, 15) is 97.1 Å². The summed E-state index contributed by atoms with van der Waals surface area (Å²) in [7, 11) is 12.5. The second kappa shape index (κ2) is 111. The van der Waals surface area contributed by atoms with Crippen LogP contribution in [0.1, 0.15) is 437 Å². The first-order valence-electron chi connectivity index (χ1n) is 55.5. The van der Waals surface area contributed by atoms with Gasteiger partial charge in [-0.3, -0.25) is 57.5 Å². The van der Waals surface area contributed by atoms with E-state index in [1.54, 1.807) is 75.6 Å². The smallest absolute Gasteiger partial charge is 0.303 e. The monoisotopic (exact) mass is 2260 g/mol. The molecule has 4 amide bonds. The molecule has 0 aromatic carbocycles. The standard InChI is InChI=1S/C29H55N3O6S2.C27H51N3O6S2.C25H47N3O6S2.C23H43N3O6S2/c30-24(26(33)18-14-10-6-2-1-3-7-11-15-19-27(34)35)22-39-40-23-25(31)29(38)32-21-17-13-9-5-4-8-12-16-20-28(36)37;28-22(24(31)16-12-8-4-1-2-5-9-13-17-25(32)33)20-37-38-21-23(29)27(36)30-19-15-11-7-3-6-10-14-18-26(34)35;26-20(22(29)14-10-6-2-1-3-7-11-15-23(30)31)18-35-36-19-21(27)25(34)28-17-13-9-5-4-8-12-16-24(32)33;24-18(20(27)12-8-4-1-2-5-9-13-21(28)29)16-33-34-17-19(25)23(32)26-15-11-7-3-6-10-14-22(30)31/h24-25H,1-23,30-31H2,(H,32,38)(H,34,35)(H,36,37);22-23H,1-21,28-29H2,(H,30,36)(H,32,33)(H,34,35);20-21H,1-19,26-27H2,(H,28,34)(H,30,31)(H,32,33);18-19H,1-17,24-25H2,(H,26,32)(H,28,29)(H,30,31)/p+4. The number of hydrogen-bond acceptors (Lipinski definition) is 28. The van der Waals surface area contributed by atoms with Crippen molar-refractivity contribution < 1.29 is 163 Å². The van der Waals surface area contributed by atoms with E-state index in [4.69, 9.17) is 20.4 Å². The minimum atomic E-state index is -0.994. The predicted molar refractivity (Wildman–Crippen MR) is 590 cm³/mol. The summed E-state index contributed by atoms with van der Waals surface area (Å²) in [6.45, 7) is 2.56. The second-order valence-corrected chi connectivity index (χ2v) is 49.0. The van der Waals surface area contributed by atoms with E-state index in [2.05, 4.69) is 67.1 Å². The van der Waals surface area contributed by atoms with Crippen molar-refractivity contribution in [3.05, 3.63) is 0 Å². The van der Waals surface area contributed by atoms with E-state index in [0.717, 1.165) is 315 Å². The molecule has 8 unspecified atom stereocenters. The van der Waals surface area contributed by atoms with Crippen molar-refractivity contribution in [1.82, 2.24) is 21.3 Å². The molecule has 0 saturated heterocycles. The molecule has 0 rings (SSSR count). The van der Waals surface area contributed by atoms with Gasteiger partial charge in [-0.2, -0.15) is 0 Å². The van der Waals surface area contributed by atoms with Crippen LogP contribution in [0.4, 0.5) is 0 Å². The number of carbonyl (C=O) groups is 16. The fourth-order valence-electron chi connectivity index (χ4n) is 14.9. The highest BCUT2D eigenvalue weighted by atomic mass is 33.1. The van der Waals surface area contributed by atoms with Crippen molar-refractivity contribution >= 4 is 181 Å². The highest BCUT2D eigenvalue weighted by Gasteiger charge is 2.26. The topological polar surface area (TPSA) is 716 Å². The van der Waals surface area contributed by atoms with Gasteiger partial charge in [-0.15, -0.1) is 0 Å². The van der Waals surface area contributed by atoms with Gasteiger partial charge in [-0.25, -0.2) is 0 Å².